The minimum absolute atomic E-state index is 0.0340. The van der Waals surface area contributed by atoms with Crippen LogP contribution in [0.25, 0.3) is 0 Å². The van der Waals surface area contributed by atoms with E-state index in [1.807, 2.05) is 11.6 Å². The SMILES string of the molecule is Cc1c(N)c(=O)n2n1CC(C)(C)CC(C)(C)C2. The summed E-state index contributed by atoms with van der Waals surface area (Å²) in [6.07, 6.45) is 1.10. The van der Waals surface area contributed by atoms with Gasteiger partial charge in [-0.05, 0) is 24.2 Å². The molecule has 2 rings (SSSR count). The lowest BCUT2D eigenvalue weighted by molar-refractivity contribution is 0.186. The van der Waals surface area contributed by atoms with Crippen LogP contribution in [0.2, 0.25) is 0 Å². The van der Waals surface area contributed by atoms with Gasteiger partial charge in [0.05, 0.1) is 5.69 Å². The van der Waals surface area contributed by atoms with E-state index in [2.05, 4.69) is 32.4 Å². The fourth-order valence-electron chi connectivity index (χ4n) is 3.30. The standard InChI is InChI=1S/C13H23N3O/c1-9-10(14)11(17)16-8-13(4,5)6-12(2,3)7-15(9)16/h6-8,14H2,1-5H3. The Morgan fingerprint density at radius 1 is 1.06 bits per heavy atom. The van der Waals surface area contributed by atoms with Gasteiger partial charge in [0.25, 0.3) is 5.56 Å². The van der Waals surface area contributed by atoms with Crippen molar-refractivity contribution in [3.8, 4) is 0 Å². The first-order valence-corrected chi connectivity index (χ1v) is 6.19. The molecule has 1 aliphatic rings. The number of hydrogen-bond donors (Lipinski definition) is 1. The highest BCUT2D eigenvalue weighted by molar-refractivity contribution is 5.40. The van der Waals surface area contributed by atoms with Crippen molar-refractivity contribution in [1.29, 1.82) is 0 Å². The van der Waals surface area contributed by atoms with Crippen LogP contribution in [0.5, 0.6) is 0 Å². The minimum Gasteiger partial charge on any atom is -0.393 e. The lowest BCUT2D eigenvalue weighted by Gasteiger charge is -2.30. The van der Waals surface area contributed by atoms with E-state index in [0.29, 0.717) is 5.69 Å². The first-order chi connectivity index (χ1) is 7.63. The van der Waals surface area contributed by atoms with Crippen LogP contribution in [0, 0.1) is 17.8 Å². The minimum atomic E-state index is -0.0340. The third kappa shape index (κ3) is 2.01. The quantitative estimate of drug-likeness (QED) is 0.750. The second kappa shape index (κ2) is 3.40. The van der Waals surface area contributed by atoms with Gasteiger partial charge < -0.3 is 5.73 Å². The maximum atomic E-state index is 12.1. The lowest BCUT2D eigenvalue weighted by Crippen LogP contribution is -2.29. The first-order valence-electron chi connectivity index (χ1n) is 6.19. The number of nitrogen functional groups attached to an aromatic ring is 1. The van der Waals surface area contributed by atoms with Crippen LogP contribution in [-0.2, 0) is 13.1 Å². The fourth-order valence-corrected chi connectivity index (χ4v) is 3.30. The van der Waals surface area contributed by atoms with Crippen LogP contribution < -0.4 is 11.3 Å². The van der Waals surface area contributed by atoms with Gasteiger partial charge in [-0.15, -0.1) is 0 Å². The Morgan fingerprint density at radius 3 is 2.06 bits per heavy atom. The molecule has 4 heteroatoms. The summed E-state index contributed by atoms with van der Waals surface area (Å²) in [7, 11) is 0. The van der Waals surface area contributed by atoms with Gasteiger partial charge in [0, 0.05) is 13.1 Å². The molecule has 1 aromatic heterocycles. The van der Waals surface area contributed by atoms with E-state index in [9.17, 15) is 4.79 Å². The van der Waals surface area contributed by atoms with Crippen molar-refractivity contribution < 1.29 is 0 Å². The van der Waals surface area contributed by atoms with E-state index in [1.54, 1.807) is 0 Å². The summed E-state index contributed by atoms with van der Waals surface area (Å²) in [5.41, 5.74) is 7.44. The average molecular weight is 237 g/mol. The van der Waals surface area contributed by atoms with Gasteiger partial charge in [-0.2, -0.15) is 0 Å². The summed E-state index contributed by atoms with van der Waals surface area (Å²) in [6, 6.07) is 0. The maximum absolute atomic E-state index is 12.1. The topological polar surface area (TPSA) is 53.0 Å². The Kier molecular flexibility index (Phi) is 2.46. The second-order valence-corrected chi connectivity index (χ2v) is 6.92. The van der Waals surface area contributed by atoms with Crippen LogP contribution in [-0.4, -0.2) is 9.36 Å². The van der Waals surface area contributed by atoms with Gasteiger partial charge in [-0.1, -0.05) is 27.7 Å². The molecule has 0 atom stereocenters. The van der Waals surface area contributed by atoms with Crippen LogP contribution in [0.3, 0.4) is 0 Å². The molecule has 1 aromatic rings. The fraction of sp³-hybridized carbons (Fsp3) is 0.769. The molecule has 0 spiro atoms. The van der Waals surface area contributed by atoms with Crippen molar-refractivity contribution >= 4 is 5.69 Å². The number of nitrogens with zero attached hydrogens (tertiary/aromatic N) is 2. The van der Waals surface area contributed by atoms with Crippen molar-refractivity contribution in [2.75, 3.05) is 5.73 Å². The number of nitrogens with two attached hydrogens (primary N) is 1. The summed E-state index contributed by atoms with van der Waals surface area (Å²) in [5.74, 6) is 0. The smallest absolute Gasteiger partial charge is 0.290 e. The molecule has 0 amide bonds. The molecule has 4 nitrogen and oxygen atoms in total. The molecule has 0 aliphatic carbocycles. The molecule has 0 saturated carbocycles. The van der Waals surface area contributed by atoms with Crippen LogP contribution in [0.15, 0.2) is 4.79 Å². The predicted octanol–water partition coefficient (Wildman–Crippen LogP) is 2.00. The first kappa shape index (κ1) is 12.3. The molecule has 2 heterocycles. The Morgan fingerprint density at radius 2 is 1.53 bits per heavy atom. The molecule has 0 unspecified atom stereocenters. The second-order valence-electron chi connectivity index (χ2n) is 6.92. The van der Waals surface area contributed by atoms with Gasteiger partial charge >= 0.3 is 0 Å². The van der Waals surface area contributed by atoms with Crippen molar-refractivity contribution in [3.05, 3.63) is 16.0 Å². The summed E-state index contributed by atoms with van der Waals surface area (Å²) in [6.45, 7) is 12.5. The molecule has 0 bridgehead atoms. The molecular formula is C13H23N3O. The summed E-state index contributed by atoms with van der Waals surface area (Å²) < 4.78 is 3.88. The van der Waals surface area contributed by atoms with Crippen LogP contribution in [0.4, 0.5) is 5.69 Å². The summed E-state index contributed by atoms with van der Waals surface area (Å²) in [5, 5.41) is 0. The van der Waals surface area contributed by atoms with E-state index < -0.39 is 0 Å². The number of rotatable bonds is 0. The Bertz CT molecular complexity index is 505. The van der Waals surface area contributed by atoms with Gasteiger partial charge in [0.15, 0.2) is 0 Å². The molecule has 1 aliphatic heterocycles. The number of anilines is 1. The summed E-state index contributed by atoms with van der Waals surface area (Å²) >= 11 is 0. The third-order valence-corrected chi connectivity index (χ3v) is 3.65. The molecular weight excluding hydrogens is 214 g/mol. The number of aromatic nitrogens is 2. The molecule has 17 heavy (non-hydrogen) atoms. The molecule has 2 N–H and O–H groups in total. The molecule has 0 aromatic carbocycles. The van der Waals surface area contributed by atoms with Crippen molar-refractivity contribution in [3.63, 3.8) is 0 Å². The highest BCUT2D eigenvalue weighted by Gasteiger charge is 2.35. The zero-order valence-corrected chi connectivity index (χ0v) is 11.5. The zero-order chi connectivity index (χ0) is 13.0. The van der Waals surface area contributed by atoms with Crippen molar-refractivity contribution in [2.24, 2.45) is 10.8 Å². The Labute approximate surface area is 102 Å². The highest BCUT2D eigenvalue weighted by Crippen LogP contribution is 2.38. The molecule has 96 valence electrons. The van der Waals surface area contributed by atoms with E-state index in [4.69, 9.17) is 5.73 Å². The van der Waals surface area contributed by atoms with E-state index in [0.717, 1.165) is 25.2 Å². The molecule has 0 fully saturated rings. The Hall–Kier alpha value is -1.19. The van der Waals surface area contributed by atoms with Gasteiger partial charge in [0.2, 0.25) is 0 Å². The van der Waals surface area contributed by atoms with Crippen LogP contribution in [0.1, 0.15) is 39.8 Å². The van der Waals surface area contributed by atoms with Crippen LogP contribution >= 0.6 is 0 Å². The van der Waals surface area contributed by atoms with E-state index in [1.165, 1.54) is 0 Å². The number of fused-ring (bicyclic) bond motifs is 1. The normalized spacial score (nSPS) is 21.9. The monoisotopic (exact) mass is 237 g/mol. The predicted molar refractivity (Wildman–Crippen MR) is 70.0 cm³/mol. The highest BCUT2D eigenvalue weighted by atomic mass is 16.1. The summed E-state index contributed by atoms with van der Waals surface area (Å²) in [4.78, 5) is 12.1. The van der Waals surface area contributed by atoms with Gasteiger partial charge in [0.1, 0.15) is 5.69 Å². The zero-order valence-electron chi connectivity index (χ0n) is 11.5. The molecule has 0 radical (unpaired) electrons. The lowest BCUT2D eigenvalue weighted by atomic mass is 9.75. The van der Waals surface area contributed by atoms with Crippen molar-refractivity contribution in [2.45, 2.75) is 54.1 Å². The number of hydrogen-bond acceptors (Lipinski definition) is 2. The van der Waals surface area contributed by atoms with E-state index in [-0.39, 0.29) is 16.4 Å². The largest absolute Gasteiger partial charge is 0.393 e. The van der Waals surface area contributed by atoms with E-state index >= 15 is 0 Å². The molecule has 0 saturated heterocycles. The van der Waals surface area contributed by atoms with Crippen molar-refractivity contribution in [1.82, 2.24) is 9.36 Å². The van der Waals surface area contributed by atoms with Gasteiger partial charge in [-0.3, -0.25) is 9.48 Å². The maximum Gasteiger partial charge on any atom is 0.290 e. The van der Waals surface area contributed by atoms with Gasteiger partial charge in [-0.25, -0.2) is 4.68 Å². The Balaban J connectivity index is 2.64. The third-order valence-electron chi connectivity index (χ3n) is 3.65. The average Bonchev–Trinajstić information content (AvgIpc) is 2.33.